The SMILES string of the molecule is [2H]CN(C)N(Cc1ccccc1)C(=O)N(Cc1ccncc1)C(CCc1ccncc1)CCc1ccncc1. The van der Waals surface area contributed by atoms with Crippen LogP contribution in [0.15, 0.2) is 104 Å². The van der Waals surface area contributed by atoms with Gasteiger partial charge in [0.05, 0.1) is 6.54 Å². The summed E-state index contributed by atoms with van der Waals surface area (Å²) in [5.74, 6) is 0. The van der Waals surface area contributed by atoms with Crippen LogP contribution in [0.25, 0.3) is 0 Å². The van der Waals surface area contributed by atoms with Gasteiger partial charge in [0.1, 0.15) is 0 Å². The molecule has 196 valence electrons. The third-order valence-corrected chi connectivity index (χ3v) is 6.63. The summed E-state index contributed by atoms with van der Waals surface area (Å²) in [5, 5.41) is 3.37. The molecule has 1 aromatic carbocycles. The summed E-state index contributed by atoms with van der Waals surface area (Å²) in [6.45, 7) is 0.846. The monoisotopic (exact) mass is 509 g/mol. The van der Waals surface area contributed by atoms with E-state index in [9.17, 15) is 4.79 Å². The first-order valence-electron chi connectivity index (χ1n) is 13.6. The zero-order chi connectivity index (χ0) is 27.3. The van der Waals surface area contributed by atoms with Crippen molar-refractivity contribution >= 4 is 6.03 Å². The molecule has 0 aliphatic rings. The Hall–Kier alpha value is -4.10. The molecule has 2 amide bonds. The molecule has 4 aromatic rings. The molecule has 0 N–H and O–H groups in total. The number of hydrazine groups is 1. The zero-order valence-electron chi connectivity index (χ0n) is 22.9. The number of benzene rings is 1. The summed E-state index contributed by atoms with van der Waals surface area (Å²) in [4.78, 5) is 28.9. The fourth-order valence-electron chi connectivity index (χ4n) is 4.50. The first kappa shape index (κ1) is 25.5. The summed E-state index contributed by atoms with van der Waals surface area (Å²) in [6.07, 6.45) is 14.0. The second-order valence-corrected chi connectivity index (χ2v) is 9.41. The van der Waals surface area contributed by atoms with Crippen molar-refractivity contribution in [1.82, 2.24) is 29.9 Å². The molecule has 0 aliphatic heterocycles. The standard InChI is InChI=1S/C31H36N6O/c1-35(2)37(25-28-6-4-3-5-7-28)31(38)36(24-29-16-22-34-23-17-29)30(10-8-26-12-18-32-19-13-26)11-9-27-14-20-33-21-15-27/h3-7,12-23,30H,8-11,24-25H2,1-2H3/i1D. The van der Waals surface area contributed by atoms with Gasteiger partial charge in [-0.1, -0.05) is 30.3 Å². The zero-order valence-corrected chi connectivity index (χ0v) is 21.9. The van der Waals surface area contributed by atoms with E-state index in [1.165, 1.54) is 11.1 Å². The Kier molecular flexibility index (Phi) is 9.41. The molecule has 0 atom stereocenters. The van der Waals surface area contributed by atoms with Crippen LogP contribution in [-0.2, 0) is 25.9 Å². The summed E-state index contributed by atoms with van der Waals surface area (Å²) in [7, 11) is 1.77. The Morgan fingerprint density at radius 3 is 1.68 bits per heavy atom. The minimum atomic E-state index is -0.111. The predicted molar refractivity (Wildman–Crippen MR) is 150 cm³/mol. The molecule has 38 heavy (non-hydrogen) atoms. The lowest BCUT2D eigenvalue weighted by molar-refractivity contribution is 0.0222. The van der Waals surface area contributed by atoms with E-state index in [4.69, 9.17) is 1.37 Å². The highest BCUT2D eigenvalue weighted by Crippen LogP contribution is 2.22. The van der Waals surface area contributed by atoms with Gasteiger partial charge in [-0.3, -0.25) is 20.0 Å². The second kappa shape index (κ2) is 14.0. The lowest BCUT2D eigenvalue weighted by atomic mass is 9.98. The van der Waals surface area contributed by atoms with Crippen molar-refractivity contribution in [2.24, 2.45) is 0 Å². The second-order valence-electron chi connectivity index (χ2n) is 9.41. The van der Waals surface area contributed by atoms with Gasteiger partial charge < -0.3 is 4.90 Å². The summed E-state index contributed by atoms with van der Waals surface area (Å²) >= 11 is 0. The molecule has 3 aromatic heterocycles. The molecule has 0 saturated heterocycles. The van der Waals surface area contributed by atoms with Crippen molar-refractivity contribution in [2.45, 2.75) is 44.8 Å². The number of aromatic nitrogens is 3. The maximum Gasteiger partial charge on any atom is 0.335 e. The highest BCUT2D eigenvalue weighted by atomic mass is 16.2. The van der Waals surface area contributed by atoms with Crippen molar-refractivity contribution in [3.05, 3.63) is 126 Å². The molecule has 0 saturated carbocycles. The van der Waals surface area contributed by atoms with Crippen LogP contribution in [0, 0.1) is 0 Å². The van der Waals surface area contributed by atoms with Gasteiger partial charge in [0.15, 0.2) is 0 Å². The molecule has 4 rings (SSSR count). The van der Waals surface area contributed by atoms with Crippen LogP contribution in [0.1, 0.15) is 36.5 Å². The van der Waals surface area contributed by atoms with E-state index in [1.54, 1.807) is 29.5 Å². The van der Waals surface area contributed by atoms with Crippen molar-refractivity contribution in [3.8, 4) is 0 Å². The number of nitrogens with zero attached hydrogens (tertiary/aromatic N) is 6. The smallest absolute Gasteiger partial charge is 0.316 e. The van der Waals surface area contributed by atoms with Crippen LogP contribution in [0.3, 0.4) is 0 Å². The molecule has 7 nitrogen and oxygen atoms in total. The highest BCUT2D eigenvalue weighted by molar-refractivity contribution is 5.74. The molecule has 0 aliphatic carbocycles. The topological polar surface area (TPSA) is 65.5 Å². The van der Waals surface area contributed by atoms with Crippen LogP contribution in [0.2, 0.25) is 0 Å². The van der Waals surface area contributed by atoms with Crippen molar-refractivity contribution in [2.75, 3.05) is 14.1 Å². The first-order valence-corrected chi connectivity index (χ1v) is 12.9. The van der Waals surface area contributed by atoms with E-state index < -0.39 is 0 Å². The number of hydrogen-bond acceptors (Lipinski definition) is 5. The summed E-state index contributed by atoms with van der Waals surface area (Å²) in [5.41, 5.74) is 4.42. The minimum absolute atomic E-state index is 0.0274. The van der Waals surface area contributed by atoms with E-state index >= 15 is 0 Å². The number of carbonyl (C=O) groups is 1. The van der Waals surface area contributed by atoms with E-state index in [2.05, 4.69) is 15.0 Å². The van der Waals surface area contributed by atoms with Gasteiger partial charge >= 0.3 is 6.03 Å². The van der Waals surface area contributed by atoms with Crippen LogP contribution in [-0.4, -0.2) is 56.0 Å². The van der Waals surface area contributed by atoms with Crippen LogP contribution in [0.4, 0.5) is 4.79 Å². The quantitative estimate of drug-likeness (QED) is 0.239. The Morgan fingerprint density at radius 1 is 0.711 bits per heavy atom. The highest BCUT2D eigenvalue weighted by Gasteiger charge is 2.29. The fraction of sp³-hybridized carbons (Fsp3) is 0.290. The molecular weight excluding hydrogens is 472 g/mol. The normalized spacial score (nSPS) is 11.4. The molecular formula is C31H36N6O. The van der Waals surface area contributed by atoms with Gasteiger partial charge in [-0.15, -0.1) is 0 Å². The Morgan fingerprint density at radius 2 is 1.18 bits per heavy atom. The number of hydrogen-bond donors (Lipinski definition) is 0. The van der Waals surface area contributed by atoms with E-state index in [0.29, 0.717) is 13.1 Å². The molecule has 0 fully saturated rings. The van der Waals surface area contributed by atoms with E-state index in [1.807, 2.05) is 96.4 Å². The third-order valence-electron chi connectivity index (χ3n) is 6.63. The average molecular weight is 510 g/mol. The summed E-state index contributed by atoms with van der Waals surface area (Å²) in [6, 6.07) is 21.8. The molecule has 0 spiro atoms. The number of aryl methyl sites for hydroxylation is 2. The third kappa shape index (κ3) is 7.95. The van der Waals surface area contributed by atoms with Crippen LogP contribution >= 0.6 is 0 Å². The minimum Gasteiger partial charge on any atom is -0.316 e. The van der Waals surface area contributed by atoms with Crippen LogP contribution in [0.5, 0.6) is 0 Å². The van der Waals surface area contributed by atoms with E-state index in [-0.39, 0.29) is 19.1 Å². The number of pyridine rings is 3. The Labute approximate surface area is 227 Å². The van der Waals surface area contributed by atoms with Crippen molar-refractivity contribution in [3.63, 3.8) is 0 Å². The summed E-state index contributed by atoms with van der Waals surface area (Å²) < 4.78 is 8.05. The van der Waals surface area contributed by atoms with Gasteiger partial charge in [0, 0.05) is 65.2 Å². The molecule has 0 radical (unpaired) electrons. The number of amides is 2. The first-order chi connectivity index (χ1) is 19.1. The van der Waals surface area contributed by atoms with Gasteiger partial charge in [-0.2, -0.15) is 0 Å². The maximum atomic E-state index is 14.4. The van der Waals surface area contributed by atoms with E-state index in [0.717, 1.165) is 36.8 Å². The van der Waals surface area contributed by atoms with Crippen LogP contribution < -0.4 is 0 Å². The van der Waals surface area contributed by atoms with Gasteiger partial charge in [0.2, 0.25) is 0 Å². The Balaban J connectivity index is 1.65. The maximum absolute atomic E-state index is 14.4. The largest absolute Gasteiger partial charge is 0.335 e. The fourth-order valence-corrected chi connectivity index (χ4v) is 4.50. The van der Waals surface area contributed by atoms with Gasteiger partial charge in [0.25, 0.3) is 0 Å². The Bertz CT molecular complexity index is 1200. The molecule has 7 heteroatoms. The predicted octanol–water partition coefficient (Wildman–Crippen LogP) is 5.41. The molecule has 0 unspecified atom stereocenters. The van der Waals surface area contributed by atoms with Gasteiger partial charge in [-0.05, 0) is 84.3 Å². The number of rotatable bonds is 12. The van der Waals surface area contributed by atoms with Crippen molar-refractivity contribution < 1.29 is 6.17 Å². The number of carbonyl (C=O) groups excluding carboxylic acids is 1. The number of urea groups is 1. The lowest BCUT2D eigenvalue weighted by Gasteiger charge is -2.39. The van der Waals surface area contributed by atoms with Crippen molar-refractivity contribution in [1.29, 1.82) is 0 Å². The van der Waals surface area contributed by atoms with Gasteiger partial charge in [-0.25, -0.2) is 9.80 Å². The lowest BCUT2D eigenvalue weighted by Crippen LogP contribution is -2.52. The average Bonchev–Trinajstić information content (AvgIpc) is 3.00. The molecule has 0 bridgehead atoms. The molecule has 3 heterocycles.